The van der Waals surface area contributed by atoms with E-state index in [1.54, 1.807) is 12.1 Å². The fraction of sp³-hybridized carbons (Fsp3) is 0.571. The van der Waals surface area contributed by atoms with E-state index in [4.69, 9.17) is 5.73 Å². The second-order valence-corrected chi connectivity index (χ2v) is 5.94. The quantitative estimate of drug-likeness (QED) is 0.910. The third kappa shape index (κ3) is 3.18. The van der Waals surface area contributed by atoms with Crippen molar-refractivity contribution in [2.75, 3.05) is 29.5 Å². The third-order valence-electron chi connectivity index (χ3n) is 3.40. The Labute approximate surface area is 113 Å². The second kappa shape index (κ2) is 6.43. The Hall–Kier alpha value is -0.740. The zero-order valence-electron chi connectivity index (χ0n) is 10.9. The number of rotatable bonds is 4. The topological polar surface area (TPSA) is 29.3 Å². The van der Waals surface area contributed by atoms with Gasteiger partial charge in [0.15, 0.2) is 0 Å². The lowest BCUT2D eigenvalue weighted by molar-refractivity contribution is 0.606. The smallest absolute Gasteiger partial charge is 0.146 e. The van der Waals surface area contributed by atoms with E-state index in [-0.39, 0.29) is 11.9 Å². The van der Waals surface area contributed by atoms with Crippen molar-refractivity contribution in [3.05, 3.63) is 29.6 Å². The summed E-state index contributed by atoms with van der Waals surface area (Å²) in [6, 6.07) is 5.47. The van der Waals surface area contributed by atoms with Crippen LogP contribution in [0.2, 0.25) is 0 Å². The third-order valence-corrected chi connectivity index (χ3v) is 4.35. The Bertz CT molecular complexity index is 391. The van der Waals surface area contributed by atoms with Gasteiger partial charge in [0.2, 0.25) is 0 Å². The molecular weight excluding hydrogens is 247 g/mol. The molecule has 0 amide bonds. The molecule has 0 radical (unpaired) electrons. The molecule has 0 saturated carbocycles. The van der Waals surface area contributed by atoms with Crippen LogP contribution in [0.4, 0.5) is 10.1 Å². The van der Waals surface area contributed by atoms with Crippen LogP contribution in [-0.2, 0) is 6.42 Å². The second-order valence-electron chi connectivity index (χ2n) is 4.72. The van der Waals surface area contributed by atoms with Crippen LogP contribution < -0.4 is 10.6 Å². The first-order chi connectivity index (χ1) is 8.72. The maximum Gasteiger partial charge on any atom is 0.146 e. The van der Waals surface area contributed by atoms with E-state index in [1.165, 1.54) is 0 Å². The van der Waals surface area contributed by atoms with Gasteiger partial charge in [0, 0.05) is 30.6 Å². The number of nitrogens with two attached hydrogens (primary N) is 1. The summed E-state index contributed by atoms with van der Waals surface area (Å²) in [5.74, 6) is 2.05. The Morgan fingerprint density at radius 3 is 2.78 bits per heavy atom. The molecular formula is C14H21FN2S. The summed E-state index contributed by atoms with van der Waals surface area (Å²) in [4.78, 5) is 2.17. The van der Waals surface area contributed by atoms with Gasteiger partial charge in [-0.2, -0.15) is 11.8 Å². The predicted molar refractivity (Wildman–Crippen MR) is 77.9 cm³/mol. The van der Waals surface area contributed by atoms with Crippen molar-refractivity contribution in [2.45, 2.75) is 25.8 Å². The number of halogens is 1. The van der Waals surface area contributed by atoms with Crippen LogP contribution in [0.25, 0.3) is 0 Å². The fourth-order valence-corrected chi connectivity index (χ4v) is 3.20. The molecule has 1 aliphatic heterocycles. The zero-order chi connectivity index (χ0) is 13.0. The van der Waals surface area contributed by atoms with Crippen LogP contribution in [0.15, 0.2) is 18.2 Å². The maximum absolute atomic E-state index is 14.1. The summed E-state index contributed by atoms with van der Waals surface area (Å²) in [7, 11) is 0. The molecule has 0 bridgehead atoms. The number of anilines is 1. The Morgan fingerprint density at radius 2 is 2.11 bits per heavy atom. The molecule has 1 atom stereocenters. The van der Waals surface area contributed by atoms with Crippen LogP contribution in [0, 0.1) is 5.82 Å². The number of hydrogen-bond acceptors (Lipinski definition) is 3. The minimum absolute atomic E-state index is 0.109. The first kappa shape index (κ1) is 13.7. The number of thioether (sulfide) groups is 1. The standard InChI is InChI=1S/C14H21FN2S/c1-2-12(16)10-11-4-3-5-13(15)14(11)17-6-8-18-9-7-17/h3-5,12H,2,6-10,16H2,1H3. The maximum atomic E-state index is 14.1. The van der Waals surface area contributed by atoms with E-state index in [0.29, 0.717) is 0 Å². The van der Waals surface area contributed by atoms with Crippen molar-refractivity contribution < 1.29 is 4.39 Å². The van der Waals surface area contributed by atoms with Crippen molar-refractivity contribution >= 4 is 17.4 Å². The fourth-order valence-electron chi connectivity index (χ4n) is 2.29. The van der Waals surface area contributed by atoms with Gasteiger partial charge in [-0.15, -0.1) is 0 Å². The van der Waals surface area contributed by atoms with Crippen LogP contribution in [0.5, 0.6) is 0 Å². The van der Waals surface area contributed by atoms with E-state index >= 15 is 0 Å². The van der Waals surface area contributed by atoms with Crippen molar-refractivity contribution in [1.82, 2.24) is 0 Å². The van der Waals surface area contributed by atoms with Gasteiger partial charge in [0.1, 0.15) is 5.82 Å². The van der Waals surface area contributed by atoms with Crippen molar-refractivity contribution in [2.24, 2.45) is 5.73 Å². The number of para-hydroxylation sites is 1. The van der Waals surface area contributed by atoms with Gasteiger partial charge in [-0.25, -0.2) is 4.39 Å². The average Bonchev–Trinajstić information content (AvgIpc) is 2.40. The van der Waals surface area contributed by atoms with Crippen molar-refractivity contribution in [3.63, 3.8) is 0 Å². The molecule has 100 valence electrons. The summed E-state index contributed by atoms with van der Waals surface area (Å²) in [5, 5.41) is 0. The van der Waals surface area contributed by atoms with Gasteiger partial charge >= 0.3 is 0 Å². The lowest BCUT2D eigenvalue weighted by atomic mass is 10.0. The normalized spacial score (nSPS) is 17.8. The molecule has 2 rings (SSSR count). The van der Waals surface area contributed by atoms with Crippen molar-refractivity contribution in [3.8, 4) is 0 Å². The molecule has 1 aromatic rings. The lowest BCUT2D eigenvalue weighted by Gasteiger charge is -2.31. The molecule has 1 saturated heterocycles. The summed E-state index contributed by atoms with van der Waals surface area (Å²) in [5.41, 5.74) is 7.84. The highest BCUT2D eigenvalue weighted by molar-refractivity contribution is 7.99. The molecule has 2 N–H and O–H groups in total. The summed E-state index contributed by atoms with van der Waals surface area (Å²) < 4.78 is 14.1. The zero-order valence-corrected chi connectivity index (χ0v) is 11.7. The number of benzene rings is 1. The highest BCUT2D eigenvalue weighted by Crippen LogP contribution is 2.28. The van der Waals surface area contributed by atoms with Crippen molar-refractivity contribution in [1.29, 1.82) is 0 Å². The molecule has 1 unspecified atom stereocenters. The van der Waals surface area contributed by atoms with Gasteiger partial charge in [0.25, 0.3) is 0 Å². The molecule has 0 aliphatic carbocycles. The largest absolute Gasteiger partial charge is 0.367 e. The first-order valence-electron chi connectivity index (χ1n) is 6.58. The van der Waals surface area contributed by atoms with Crippen LogP contribution >= 0.6 is 11.8 Å². The number of nitrogens with zero attached hydrogens (tertiary/aromatic N) is 1. The van der Waals surface area contributed by atoms with E-state index in [2.05, 4.69) is 11.8 Å². The Morgan fingerprint density at radius 1 is 1.39 bits per heavy atom. The molecule has 1 heterocycles. The van der Waals surface area contributed by atoms with Gasteiger partial charge in [0.05, 0.1) is 5.69 Å². The summed E-state index contributed by atoms with van der Waals surface area (Å²) >= 11 is 1.93. The average molecular weight is 268 g/mol. The summed E-state index contributed by atoms with van der Waals surface area (Å²) in [6.07, 6.45) is 1.68. The first-order valence-corrected chi connectivity index (χ1v) is 7.73. The van der Waals surface area contributed by atoms with E-state index in [9.17, 15) is 4.39 Å². The van der Waals surface area contributed by atoms with E-state index in [0.717, 1.165) is 48.7 Å². The highest BCUT2D eigenvalue weighted by atomic mass is 32.2. The molecule has 0 spiro atoms. The molecule has 1 fully saturated rings. The summed E-state index contributed by atoms with van der Waals surface area (Å²) in [6.45, 7) is 3.93. The molecule has 2 nitrogen and oxygen atoms in total. The van der Waals surface area contributed by atoms with E-state index < -0.39 is 0 Å². The van der Waals surface area contributed by atoms with Gasteiger partial charge in [-0.1, -0.05) is 19.1 Å². The minimum Gasteiger partial charge on any atom is -0.367 e. The predicted octanol–water partition coefficient (Wildman–Crippen LogP) is 2.66. The van der Waals surface area contributed by atoms with Crippen LogP contribution in [-0.4, -0.2) is 30.6 Å². The van der Waals surface area contributed by atoms with E-state index in [1.807, 2.05) is 17.8 Å². The Balaban J connectivity index is 2.25. The molecule has 4 heteroatoms. The van der Waals surface area contributed by atoms with Gasteiger partial charge in [-0.05, 0) is 24.5 Å². The molecule has 18 heavy (non-hydrogen) atoms. The SMILES string of the molecule is CCC(N)Cc1cccc(F)c1N1CCSCC1. The van der Waals surface area contributed by atoms with Crippen LogP contribution in [0.1, 0.15) is 18.9 Å². The Kier molecular flexibility index (Phi) is 4.89. The monoisotopic (exact) mass is 268 g/mol. The molecule has 1 aliphatic rings. The molecule has 1 aromatic carbocycles. The van der Waals surface area contributed by atoms with Gasteiger partial charge < -0.3 is 10.6 Å². The molecule has 0 aromatic heterocycles. The lowest BCUT2D eigenvalue weighted by Crippen LogP contribution is -2.34. The minimum atomic E-state index is -0.109. The van der Waals surface area contributed by atoms with Gasteiger partial charge in [-0.3, -0.25) is 0 Å². The van der Waals surface area contributed by atoms with Crippen LogP contribution in [0.3, 0.4) is 0 Å². The number of hydrogen-bond donors (Lipinski definition) is 1. The highest BCUT2D eigenvalue weighted by Gasteiger charge is 2.19.